The van der Waals surface area contributed by atoms with Gasteiger partial charge in [-0.1, -0.05) is 30.3 Å². The van der Waals surface area contributed by atoms with Gasteiger partial charge in [0.15, 0.2) is 0 Å². The Kier molecular flexibility index (Phi) is 4.16. The fourth-order valence-corrected chi connectivity index (χ4v) is 2.94. The zero-order valence-corrected chi connectivity index (χ0v) is 12.5. The molecule has 0 radical (unpaired) electrons. The zero-order valence-electron chi connectivity index (χ0n) is 12.5. The number of nitrogens with one attached hydrogen (secondary N) is 1. The van der Waals surface area contributed by atoms with Gasteiger partial charge in [-0.25, -0.2) is 4.79 Å². The number of ether oxygens (including phenoxy) is 1. The number of rotatable bonds is 3. The van der Waals surface area contributed by atoms with Crippen molar-refractivity contribution in [2.45, 2.75) is 31.3 Å². The van der Waals surface area contributed by atoms with Crippen molar-refractivity contribution in [2.24, 2.45) is 0 Å². The van der Waals surface area contributed by atoms with Crippen LogP contribution in [0.25, 0.3) is 0 Å². The number of H-pyrrole nitrogens is 1. The van der Waals surface area contributed by atoms with Crippen LogP contribution < -0.4 is 11.2 Å². The van der Waals surface area contributed by atoms with Crippen molar-refractivity contribution in [3.8, 4) is 0 Å². The van der Waals surface area contributed by atoms with Crippen LogP contribution in [-0.4, -0.2) is 38.6 Å². The van der Waals surface area contributed by atoms with Crippen LogP contribution in [0.1, 0.15) is 23.3 Å². The van der Waals surface area contributed by atoms with Gasteiger partial charge in [0, 0.05) is 11.8 Å². The first kappa shape index (κ1) is 15.7. The van der Waals surface area contributed by atoms with Gasteiger partial charge in [0.25, 0.3) is 5.56 Å². The third-order valence-corrected chi connectivity index (χ3v) is 4.14. The topological polar surface area (TPSA) is 105 Å². The lowest BCUT2D eigenvalue weighted by Gasteiger charge is -2.23. The molecule has 0 spiro atoms. The van der Waals surface area contributed by atoms with Crippen molar-refractivity contribution in [2.75, 3.05) is 6.61 Å². The molecule has 2 aromatic rings. The average molecular weight is 318 g/mol. The van der Waals surface area contributed by atoms with Gasteiger partial charge in [-0.05, 0) is 12.5 Å². The Morgan fingerprint density at radius 3 is 2.61 bits per heavy atom. The average Bonchev–Trinajstić information content (AvgIpc) is 2.88. The second-order valence-corrected chi connectivity index (χ2v) is 5.65. The maximum Gasteiger partial charge on any atom is 0.328 e. The molecule has 23 heavy (non-hydrogen) atoms. The van der Waals surface area contributed by atoms with Crippen LogP contribution in [0.3, 0.4) is 0 Å². The summed E-state index contributed by atoms with van der Waals surface area (Å²) in [6.07, 6.45) is -1.07. The molecular weight excluding hydrogens is 300 g/mol. The predicted molar refractivity (Wildman–Crippen MR) is 82.2 cm³/mol. The molecule has 7 heteroatoms. The van der Waals surface area contributed by atoms with E-state index in [1.165, 1.54) is 10.8 Å². The Labute approximate surface area is 131 Å². The Bertz CT molecular complexity index is 798. The maximum absolute atomic E-state index is 12.2. The summed E-state index contributed by atoms with van der Waals surface area (Å²) in [5, 5.41) is 19.9. The van der Waals surface area contributed by atoms with Gasteiger partial charge in [-0.3, -0.25) is 14.3 Å². The Morgan fingerprint density at radius 2 is 1.96 bits per heavy atom. The zero-order chi connectivity index (χ0) is 16.6. The molecule has 3 rings (SSSR count). The molecule has 1 fully saturated rings. The number of aromatic nitrogens is 2. The molecule has 4 atom stereocenters. The van der Waals surface area contributed by atoms with Gasteiger partial charge in [-0.15, -0.1) is 0 Å². The molecule has 0 unspecified atom stereocenters. The maximum atomic E-state index is 12.2. The largest absolute Gasteiger partial charge is 0.394 e. The lowest BCUT2D eigenvalue weighted by molar-refractivity contribution is -0.0225. The van der Waals surface area contributed by atoms with Crippen molar-refractivity contribution in [3.05, 3.63) is 68.5 Å². The summed E-state index contributed by atoms with van der Waals surface area (Å²) in [6, 6.07) is 8.42. The van der Waals surface area contributed by atoms with Gasteiger partial charge in [0.2, 0.25) is 0 Å². The fourth-order valence-electron chi connectivity index (χ4n) is 2.94. The monoisotopic (exact) mass is 318 g/mol. The Morgan fingerprint density at radius 1 is 1.26 bits per heavy atom. The van der Waals surface area contributed by atoms with Gasteiger partial charge < -0.3 is 14.9 Å². The minimum absolute atomic E-state index is 0.357. The standard InChI is InChI=1S/C16H18N2O5/c1-9-7-18(16(22)17-15(9)21)12-13(20)11(8-19)23-14(12)10-5-3-2-4-6-10/h2-7,11-14,19-20H,8H2,1H3,(H,17,21,22)/t11-,12-,13-,14+/m1/s1. The van der Waals surface area contributed by atoms with Gasteiger partial charge in [0.1, 0.15) is 18.3 Å². The Hall–Kier alpha value is -2.22. The molecule has 3 N–H and O–H groups in total. The van der Waals surface area contributed by atoms with Crippen molar-refractivity contribution >= 4 is 0 Å². The normalized spacial score (nSPS) is 27.3. The number of aryl methyl sites for hydroxylation is 1. The summed E-state index contributed by atoms with van der Waals surface area (Å²) in [5.41, 5.74) is 0.0571. The second-order valence-electron chi connectivity index (χ2n) is 5.65. The second kappa shape index (κ2) is 6.11. The highest BCUT2D eigenvalue weighted by molar-refractivity contribution is 5.21. The van der Waals surface area contributed by atoms with Crippen LogP contribution in [0.5, 0.6) is 0 Å². The van der Waals surface area contributed by atoms with E-state index in [9.17, 15) is 19.8 Å². The lowest BCUT2D eigenvalue weighted by Crippen LogP contribution is -2.39. The molecule has 0 amide bonds. The number of hydrogen-bond acceptors (Lipinski definition) is 5. The highest BCUT2D eigenvalue weighted by Crippen LogP contribution is 2.40. The molecule has 0 bridgehead atoms. The first-order valence-electron chi connectivity index (χ1n) is 7.34. The summed E-state index contributed by atoms with van der Waals surface area (Å²) in [6.45, 7) is 1.22. The van der Waals surface area contributed by atoms with Crippen LogP contribution in [0, 0.1) is 6.92 Å². The fraction of sp³-hybridized carbons (Fsp3) is 0.375. The number of hydrogen-bond donors (Lipinski definition) is 3. The van der Waals surface area contributed by atoms with Crippen molar-refractivity contribution in [3.63, 3.8) is 0 Å². The van der Waals surface area contributed by atoms with Gasteiger partial charge in [-0.2, -0.15) is 0 Å². The highest BCUT2D eigenvalue weighted by atomic mass is 16.5. The predicted octanol–water partition coefficient (Wildman–Crippen LogP) is -0.121. The number of benzene rings is 1. The van der Waals surface area contributed by atoms with Crippen molar-refractivity contribution < 1.29 is 14.9 Å². The smallest absolute Gasteiger partial charge is 0.328 e. The van der Waals surface area contributed by atoms with E-state index in [0.29, 0.717) is 5.56 Å². The molecule has 1 aromatic carbocycles. The summed E-state index contributed by atoms with van der Waals surface area (Å²) in [7, 11) is 0. The molecule has 1 aliphatic rings. The SMILES string of the molecule is Cc1cn([C@@H]2[C@H](O)[C@@H](CO)O[C@H]2c2ccccc2)c(=O)[nH]c1=O. The highest BCUT2D eigenvalue weighted by Gasteiger charge is 2.45. The third-order valence-electron chi connectivity index (χ3n) is 4.14. The summed E-state index contributed by atoms with van der Waals surface area (Å²) in [4.78, 5) is 26.0. The van der Waals surface area contributed by atoms with E-state index in [-0.39, 0.29) is 6.61 Å². The first-order chi connectivity index (χ1) is 11.0. The van der Waals surface area contributed by atoms with E-state index in [2.05, 4.69) is 4.98 Å². The number of aliphatic hydroxyl groups is 2. The van der Waals surface area contributed by atoms with E-state index >= 15 is 0 Å². The third kappa shape index (κ3) is 2.74. The van der Waals surface area contributed by atoms with Crippen molar-refractivity contribution in [1.82, 2.24) is 9.55 Å². The minimum atomic E-state index is -1.08. The van der Waals surface area contributed by atoms with Crippen LogP contribution in [0.4, 0.5) is 0 Å². The molecule has 2 heterocycles. The molecular formula is C16H18N2O5. The van der Waals surface area contributed by atoms with Gasteiger partial charge >= 0.3 is 5.69 Å². The molecule has 1 saturated heterocycles. The summed E-state index contributed by atoms with van der Waals surface area (Å²) < 4.78 is 7.02. The summed E-state index contributed by atoms with van der Waals surface area (Å²) in [5.74, 6) is 0. The van der Waals surface area contributed by atoms with Gasteiger partial charge in [0.05, 0.1) is 12.6 Å². The van der Waals surface area contributed by atoms with E-state index in [0.717, 1.165) is 5.56 Å². The van der Waals surface area contributed by atoms with E-state index in [1.54, 1.807) is 6.92 Å². The van der Waals surface area contributed by atoms with E-state index in [1.807, 2.05) is 30.3 Å². The Balaban J connectivity index is 2.11. The van der Waals surface area contributed by atoms with Crippen LogP contribution in [0.15, 0.2) is 46.1 Å². The minimum Gasteiger partial charge on any atom is -0.394 e. The molecule has 1 aliphatic heterocycles. The molecule has 122 valence electrons. The van der Waals surface area contributed by atoms with E-state index < -0.39 is 35.6 Å². The molecule has 7 nitrogen and oxygen atoms in total. The number of aliphatic hydroxyl groups excluding tert-OH is 2. The van der Waals surface area contributed by atoms with Crippen LogP contribution in [0.2, 0.25) is 0 Å². The van der Waals surface area contributed by atoms with Crippen LogP contribution in [-0.2, 0) is 4.74 Å². The quantitative estimate of drug-likeness (QED) is 0.732. The van der Waals surface area contributed by atoms with E-state index in [4.69, 9.17) is 4.74 Å². The molecule has 1 aromatic heterocycles. The summed E-state index contributed by atoms with van der Waals surface area (Å²) >= 11 is 0. The number of aromatic amines is 1. The van der Waals surface area contributed by atoms with Crippen LogP contribution >= 0.6 is 0 Å². The molecule has 0 aliphatic carbocycles. The van der Waals surface area contributed by atoms with Crippen molar-refractivity contribution in [1.29, 1.82) is 0 Å². The molecule has 0 saturated carbocycles. The number of nitrogens with zero attached hydrogens (tertiary/aromatic N) is 1. The lowest BCUT2D eigenvalue weighted by atomic mass is 9.98. The first-order valence-corrected chi connectivity index (χ1v) is 7.34.